The summed E-state index contributed by atoms with van der Waals surface area (Å²) in [5.41, 5.74) is 1.88. The van der Waals surface area contributed by atoms with E-state index in [9.17, 15) is 19.8 Å². The predicted molar refractivity (Wildman–Crippen MR) is 107 cm³/mol. The molecule has 3 rings (SSSR count). The fourth-order valence-electron chi connectivity index (χ4n) is 2.74. The Kier molecular flexibility index (Phi) is 8.52. The molecule has 8 nitrogen and oxygen atoms in total. The number of imidazole rings is 2. The molecular weight excluding hydrogens is 384 g/mol. The van der Waals surface area contributed by atoms with Crippen LogP contribution in [0.1, 0.15) is 43.8 Å². The number of carbonyl (C=O) groups is 2. The van der Waals surface area contributed by atoms with Crippen LogP contribution in [0.15, 0.2) is 36.7 Å². The van der Waals surface area contributed by atoms with Crippen molar-refractivity contribution in [3.63, 3.8) is 0 Å². The van der Waals surface area contributed by atoms with E-state index in [1.54, 1.807) is 0 Å². The van der Waals surface area contributed by atoms with Crippen LogP contribution < -0.4 is 19.3 Å². The van der Waals surface area contributed by atoms with Crippen molar-refractivity contribution < 1.29 is 28.9 Å². The summed E-state index contributed by atoms with van der Waals surface area (Å²) in [6.45, 7) is 8.42. The summed E-state index contributed by atoms with van der Waals surface area (Å²) in [6, 6.07) is 5.14. The van der Waals surface area contributed by atoms with Crippen LogP contribution in [0, 0.1) is 27.7 Å². The number of carboxylic acids is 2. The van der Waals surface area contributed by atoms with Gasteiger partial charge in [-0.2, -0.15) is 0 Å². The molecule has 8 heteroatoms. The van der Waals surface area contributed by atoms with Crippen LogP contribution in [0.25, 0.3) is 0 Å². The maximum atomic E-state index is 10.3. The molecule has 0 saturated heterocycles. The van der Waals surface area contributed by atoms with Gasteiger partial charge in [-0.1, -0.05) is 24.3 Å². The van der Waals surface area contributed by atoms with E-state index >= 15 is 0 Å². The zero-order valence-corrected chi connectivity index (χ0v) is 18.9. The second-order valence-electron chi connectivity index (χ2n) is 7.10. The third-order valence-corrected chi connectivity index (χ3v) is 5.18. The molecule has 1 aromatic carbocycles. The maximum absolute atomic E-state index is 10.3. The van der Waals surface area contributed by atoms with Crippen LogP contribution >= 0.6 is 0 Å². The first-order chi connectivity index (χ1) is 13.9. The van der Waals surface area contributed by atoms with Crippen molar-refractivity contribution in [2.45, 2.75) is 27.7 Å². The summed E-state index contributed by atoms with van der Waals surface area (Å²) < 4.78 is 8.57. The minimum Gasteiger partial charge on any atom is -0.545 e. The Labute approximate surface area is 177 Å². The Balaban J connectivity index is 0.000000229. The molecule has 0 N–H and O–H groups in total. The Morgan fingerprint density at radius 3 is 1.17 bits per heavy atom. The molecule has 162 valence electrons. The molecule has 0 aliphatic carbocycles. The summed E-state index contributed by atoms with van der Waals surface area (Å²) in [7, 11) is 8.26. The lowest BCUT2D eigenvalue weighted by Gasteiger charge is -2.09. The van der Waals surface area contributed by atoms with E-state index in [0.717, 1.165) is 12.1 Å². The molecular formula is C22H30N4O4. The lowest BCUT2D eigenvalue weighted by Crippen LogP contribution is -2.29. The molecule has 0 saturated carbocycles. The van der Waals surface area contributed by atoms with Gasteiger partial charge in [-0.25, -0.2) is 18.3 Å². The molecule has 0 aliphatic heterocycles. The van der Waals surface area contributed by atoms with Crippen LogP contribution in [0.4, 0.5) is 0 Å². The highest BCUT2D eigenvalue weighted by Crippen LogP contribution is 2.05. The molecule has 0 fully saturated rings. The largest absolute Gasteiger partial charge is 0.545 e. The second-order valence-corrected chi connectivity index (χ2v) is 7.10. The molecule has 0 bridgehead atoms. The van der Waals surface area contributed by atoms with Gasteiger partial charge < -0.3 is 19.8 Å². The Bertz CT molecular complexity index is 920. The first kappa shape index (κ1) is 24.6. The smallest absolute Gasteiger partial charge is 0.253 e. The van der Waals surface area contributed by atoms with Gasteiger partial charge in [0.15, 0.2) is 0 Å². The SMILES string of the molecule is Cc1c[n+](C)c(C)n1C.Cc1c[n+](C)c(C)n1C.O=C([O-])c1ccccc1C(=O)[O-]. The summed E-state index contributed by atoms with van der Waals surface area (Å²) >= 11 is 0. The van der Waals surface area contributed by atoms with Gasteiger partial charge in [0, 0.05) is 38.8 Å². The number of benzene rings is 1. The average Bonchev–Trinajstić information content (AvgIpc) is 3.05. The fourth-order valence-corrected chi connectivity index (χ4v) is 2.74. The number of aryl methyl sites for hydroxylation is 4. The lowest BCUT2D eigenvalue weighted by atomic mass is 10.1. The fraction of sp³-hybridized carbons (Fsp3) is 0.364. The second kappa shape index (κ2) is 10.4. The normalized spacial score (nSPS) is 9.87. The van der Waals surface area contributed by atoms with Gasteiger partial charge in [0.25, 0.3) is 11.6 Å². The minimum absolute atomic E-state index is 0.363. The Hall–Kier alpha value is -3.42. The number of hydrogen-bond acceptors (Lipinski definition) is 4. The van der Waals surface area contributed by atoms with Crippen molar-refractivity contribution in [1.82, 2.24) is 9.13 Å². The van der Waals surface area contributed by atoms with Gasteiger partial charge in [0.1, 0.15) is 23.8 Å². The van der Waals surface area contributed by atoms with E-state index in [1.807, 2.05) is 0 Å². The number of rotatable bonds is 2. The highest BCUT2D eigenvalue weighted by Gasteiger charge is 2.08. The monoisotopic (exact) mass is 414 g/mol. The molecule has 0 atom stereocenters. The van der Waals surface area contributed by atoms with Crippen LogP contribution in [0.3, 0.4) is 0 Å². The summed E-state index contributed by atoms with van der Waals surface area (Å²) in [5, 5.41) is 20.6. The van der Waals surface area contributed by atoms with E-state index in [0.29, 0.717) is 0 Å². The van der Waals surface area contributed by atoms with Crippen molar-refractivity contribution in [3.05, 3.63) is 70.8 Å². The maximum Gasteiger partial charge on any atom is 0.253 e. The molecule has 2 aromatic heterocycles. The van der Waals surface area contributed by atoms with Crippen molar-refractivity contribution in [3.8, 4) is 0 Å². The van der Waals surface area contributed by atoms with Crippen molar-refractivity contribution in [2.75, 3.05) is 0 Å². The number of nitrogens with zero attached hydrogens (tertiary/aromatic N) is 4. The lowest BCUT2D eigenvalue weighted by molar-refractivity contribution is -0.677. The van der Waals surface area contributed by atoms with Crippen molar-refractivity contribution in [2.24, 2.45) is 28.2 Å². The summed E-state index contributed by atoms with van der Waals surface area (Å²) in [6.07, 6.45) is 4.24. The Morgan fingerprint density at radius 2 is 1.03 bits per heavy atom. The van der Waals surface area contributed by atoms with Gasteiger partial charge in [-0.3, -0.25) is 0 Å². The van der Waals surface area contributed by atoms with Crippen molar-refractivity contribution >= 4 is 11.9 Å². The minimum atomic E-state index is -1.52. The summed E-state index contributed by atoms with van der Waals surface area (Å²) in [4.78, 5) is 20.6. The quantitative estimate of drug-likeness (QED) is 0.520. The first-order valence-electron chi connectivity index (χ1n) is 9.37. The molecule has 2 heterocycles. The number of aromatic nitrogens is 4. The van der Waals surface area contributed by atoms with E-state index in [-0.39, 0.29) is 11.1 Å². The van der Waals surface area contributed by atoms with Crippen LogP contribution in [-0.2, 0) is 28.2 Å². The van der Waals surface area contributed by atoms with Crippen LogP contribution in [0.2, 0.25) is 0 Å². The third kappa shape index (κ3) is 6.04. The number of hydrogen-bond donors (Lipinski definition) is 0. The van der Waals surface area contributed by atoms with Crippen molar-refractivity contribution in [1.29, 1.82) is 0 Å². The van der Waals surface area contributed by atoms with Crippen LogP contribution in [-0.4, -0.2) is 21.1 Å². The predicted octanol–water partition coefficient (Wildman–Crippen LogP) is -0.654. The average molecular weight is 415 g/mol. The van der Waals surface area contributed by atoms with Gasteiger partial charge in [0.05, 0.1) is 40.1 Å². The van der Waals surface area contributed by atoms with E-state index in [2.05, 4.69) is 86.5 Å². The highest BCUT2D eigenvalue weighted by molar-refractivity contribution is 5.99. The van der Waals surface area contributed by atoms with Gasteiger partial charge in [-0.05, 0) is 0 Å². The molecule has 0 spiro atoms. The van der Waals surface area contributed by atoms with Gasteiger partial charge in [-0.15, -0.1) is 0 Å². The zero-order valence-electron chi connectivity index (χ0n) is 18.9. The molecule has 30 heavy (non-hydrogen) atoms. The molecule has 0 radical (unpaired) electrons. The highest BCUT2D eigenvalue weighted by atomic mass is 16.4. The van der Waals surface area contributed by atoms with E-state index in [4.69, 9.17) is 0 Å². The molecule has 0 unspecified atom stereocenters. The van der Waals surface area contributed by atoms with E-state index in [1.165, 1.54) is 35.2 Å². The number of carboxylic acid groups (broad SMARTS) is 2. The number of aromatic carboxylic acids is 2. The van der Waals surface area contributed by atoms with Crippen LogP contribution in [0.5, 0.6) is 0 Å². The van der Waals surface area contributed by atoms with E-state index < -0.39 is 11.9 Å². The Morgan fingerprint density at radius 1 is 0.733 bits per heavy atom. The molecule has 0 amide bonds. The zero-order chi connectivity index (χ0) is 23.2. The van der Waals surface area contributed by atoms with Gasteiger partial charge in [0.2, 0.25) is 0 Å². The van der Waals surface area contributed by atoms with Gasteiger partial charge >= 0.3 is 0 Å². The standard InChI is InChI=1S/C8H6O4.2C7H13N2/c9-7(10)5-3-1-2-4-6(5)8(11)12;2*1-6-5-8(3)7(2)9(6)4/h1-4H,(H,9,10)(H,11,12);2*5H,1-4H3/q;2*+1/p-2. The topological polar surface area (TPSA) is 97.9 Å². The molecule has 3 aromatic rings. The molecule has 0 aliphatic rings. The first-order valence-corrected chi connectivity index (χ1v) is 9.37. The summed E-state index contributed by atoms with van der Waals surface area (Å²) in [5.74, 6) is -0.468. The number of carbonyl (C=O) groups excluding carboxylic acids is 2. The third-order valence-electron chi connectivity index (χ3n) is 5.18.